The highest BCUT2D eigenvalue weighted by molar-refractivity contribution is 7.17. The molecule has 1 amide bonds. The third-order valence-electron chi connectivity index (χ3n) is 4.85. The maximum atomic E-state index is 12.9. The highest BCUT2D eigenvalue weighted by atomic mass is 35.5. The van der Waals surface area contributed by atoms with Crippen LogP contribution < -0.4 is 14.8 Å². The molecule has 0 saturated carbocycles. The number of amides is 1. The van der Waals surface area contributed by atoms with Crippen LogP contribution >= 0.6 is 23.7 Å². The number of fused-ring (bicyclic) bond motifs is 1. The van der Waals surface area contributed by atoms with Crippen molar-refractivity contribution in [3.05, 3.63) is 39.8 Å². The summed E-state index contributed by atoms with van der Waals surface area (Å²) in [6.45, 7) is 4.69. The lowest BCUT2D eigenvalue weighted by Crippen LogP contribution is -2.29. The maximum Gasteiger partial charge on any atom is 0.341 e. The molecular formula is C20H25ClN2O5S. The molecule has 29 heavy (non-hydrogen) atoms. The first kappa shape index (κ1) is 23.0. The topological polar surface area (TPSA) is 77.1 Å². The number of thiophene rings is 1. The lowest BCUT2D eigenvalue weighted by Gasteiger charge is -2.25. The standard InChI is InChI=1S/C20H24N2O5S.ClH/c1-5-22-9-8-14-16(11-22)28-19(17(14)20(24)27-4)21-18(23)13-7-6-12(25-2)10-15(13)26-3;/h6-7,10H,5,8-9,11H2,1-4H3,(H,21,23);1H. The largest absolute Gasteiger partial charge is 0.497 e. The zero-order valence-electron chi connectivity index (χ0n) is 16.9. The Labute approximate surface area is 180 Å². The third-order valence-corrected chi connectivity index (χ3v) is 5.99. The Kier molecular flexibility index (Phi) is 7.89. The molecule has 0 atom stereocenters. The Hall–Kier alpha value is -2.29. The van der Waals surface area contributed by atoms with Gasteiger partial charge in [0.25, 0.3) is 5.91 Å². The molecule has 1 aliphatic heterocycles. The molecule has 1 aromatic heterocycles. The average molecular weight is 441 g/mol. The van der Waals surface area contributed by atoms with Crippen LogP contribution in [0.2, 0.25) is 0 Å². The van der Waals surface area contributed by atoms with Gasteiger partial charge in [0.1, 0.15) is 16.5 Å². The molecule has 0 bridgehead atoms. The van der Waals surface area contributed by atoms with Crippen LogP contribution in [0.3, 0.4) is 0 Å². The van der Waals surface area contributed by atoms with Crippen molar-refractivity contribution in [3.63, 3.8) is 0 Å². The lowest BCUT2D eigenvalue weighted by atomic mass is 10.0. The molecule has 0 spiro atoms. The Morgan fingerprint density at radius 2 is 1.97 bits per heavy atom. The van der Waals surface area contributed by atoms with Crippen molar-refractivity contribution < 1.29 is 23.8 Å². The lowest BCUT2D eigenvalue weighted by molar-refractivity contribution is 0.0600. The van der Waals surface area contributed by atoms with Gasteiger partial charge in [-0.05, 0) is 30.7 Å². The van der Waals surface area contributed by atoms with Crippen molar-refractivity contribution >= 4 is 40.6 Å². The Morgan fingerprint density at radius 1 is 1.21 bits per heavy atom. The van der Waals surface area contributed by atoms with E-state index in [-0.39, 0.29) is 18.3 Å². The summed E-state index contributed by atoms with van der Waals surface area (Å²) in [6, 6.07) is 4.98. The van der Waals surface area contributed by atoms with Crippen LogP contribution in [-0.2, 0) is 17.7 Å². The molecule has 3 rings (SSSR count). The molecule has 0 fully saturated rings. The van der Waals surface area contributed by atoms with Gasteiger partial charge in [-0.2, -0.15) is 0 Å². The summed E-state index contributed by atoms with van der Waals surface area (Å²) in [5.41, 5.74) is 1.79. The fraction of sp³-hybridized carbons (Fsp3) is 0.400. The van der Waals surface area contributed by atoms with Crippen molar-refractivity contribution in [1.82, 2.24) is 4.90 Å². The minimum atomic E-state index is -0.431. The minimum Gasteiger partial charge on any atom is -0.497 e. The summed E-state index contributed by atoms with van der Waals surface area (Å²) in [5, 5.41) is 3.40. The summed E-state index contributed by atoms with van der Waals surface area (Å²) in [6.07, 6.45) is 0.756. The number of anilines is 1. The number of hydrogen-bond donors (Lipinski definition) is 1. The summed E-state index contributed by atoms with van der Waals surface area (Å²) >= 11 is 1.43. The van der Waals surface area contributed by atoms with Gasteiger partial charge in [0, 0.05) is 24.0 Å². The van der Waals surface area contributed by atoms with Crippen LogP contribution in [-0.4, -0.2) is 51.2 Å². The van der Waals surface area contributed by atoms with Crippen LogP contribution in [0, 0.1) is 0 Å². The van der Waals surface area contributed by atoms with Crippen molar-refractivity contribution in [2.75, 3.05) is 39.7 Å². The zero-order chi connectivity index (χ0) is 20.3. The van der Waals surface area contributed by atoms with Crippen LogP contribution in [0.25, 0.3) is 0 Å². The van der Waals surface area contributed by atoms with Crippen molar-refractivity contribution in [2.24, 2.45) is 0 Å². The van der Waals surface area contributed by atoms with Crippen LogP contribution in [0.4, 0.5) is 5.00 Å². The Bertz CT molecular complexity index is 899. The van der Waals surface area contributed by atoms with E-state index in [9.17, 15) is 9.59 Å². The van der Waals surface area contributed by atoms with Gasteiger partial charge < -0.3 is 19.5 Å². The summed E-state index contributed by atoms with van der Waals surface area (Å²) in [5.74, 6) is 0.208. The second-order valence-corrected chi connectivity index (χ2v) is 7.44. The van der Waals surface area contributed by atoms with Crippen molar-refractivity contribution in [2.45, 2.75) is 19.9 Å². The fourth-order valence-corrected chi connectivity index (χ4v) is 4.56. The third kappa shape index (κ3) is 4.66. The molecule has 7 nitrogen and oxygen atoms in total. The Morgan fingerprint density at radius 3 is 2.59 bits per heavy atom. The molecule has 0 unspecified atom stereocenters. The second kappa shape index (κ2) is 9.96. The van der Waals surface area contributed by atoms with Gasteiger partial charge in [-0.3, -0.25) is 9.69 Å². The smallest absolute Gasteiger partial charge is 0.341 e. The number of rotatable bonds is 6. The van der Waals surface area contributed by atoms with E-state index in [1.807, 2.05) is 0 Å². The zero-order valence-corrected chi connectivity index (χ0v) is 18.5. The number of likely N-dealkylation sites (N-methyl/N-ethyl adjacent to an activating group) is 1. The van der Waals surface area contributed by atoms with Gasteiger partial charge in [-0.15, -0.1) is 23.7 Å². The van der Waals surface area contributed by atoms with E-state index in [1.54, 1.807) is 25.3 Å². The van der Waals surface area contributed by atoms with E-state index in [4.69, 9.17) is 14.2 Å². The molecular weight excluding hydrogens is 416 g/mol. The van der Waals surface area contributed by atoms with E-state index >= 15 is 0 Å². The Balaban J connectivity index is 0.00000300. The second-order valence-electron chi connectivity index (χ2n) is 6.34. The van der Waals surface area contributed by atoms with Crippen LogP contribution in [0.15, 0.2) is 18.2 Å². The van der Waals surface area contributed by atoms with Crippen molar-refractivity contribution in [3.8, 4) is 11.5 Å². The molecule has 1 aliphatic rings. The van der Waals surface area contributed by atoms with Crippen LogP contribution in [0.5, 0.6) is 11.5 Å². The number of carbonyl (C=O) groups excluding carboxylic acids is 2. The van der Waals surface area contributed by atoms with E-state index in [2.05, 4.69) is 17.1 Å². The molecule has 2 heterocycles. The van der Waals surface area contributed by atoms with E-state index in [1.165, 1.54) is 25.6 Å². The van der Waals surface area contributed by atoms with Gasteiger partial charge in [0.2, 0.25) is 0 Å². The normalized spacial score (nSPS) is 13.1. The number of halogens is 1. The number of methoxy groups -OCH3 is 3. The van der Waals surface area contributed by atoms with E-state index < -0.39 is 5.97 Å². The predicted molar refractivity (Wildman–Crippen MR) is 115 cm³/mol. The van der Waals surface area contributed by atoms with E-state index in [0.29, 0.717) is 27.6 Å². The predicted octanol–water partition coefficient (Wildman–Crippen LogP) is 3.60. The first-order valence-electron chi connectivity index (χ1n) is 9.00. The van der Waals surface area contributed by atoms with Gasteiger partial charge >= 0.3 is 5.97 Å². The molecule has 2 aromatic rings. The number of ether oxygens (including phenoxy) is 3. The van der Waals surface area contributed by atoms with Gasteiger partial charge in [0.05, 0.1) is 32.5 Å². The first-order valence-corrected chi connectivity index (χ1v) is 9.82. The highest BCUT2D eigenvalue weighted by Crippen LogP contribution is 2.38. The fourth-order valence-electron chi connectivity index (χ4n) is 3.29. The van der Waals surface area contributed by atoms with Crippen LogP contribution in [0.1, 0.15) is 38.1 Å². The van der Waals surface area contributed by atoms with Crippen molar-refractivity contribution in [1.29, 1.82) is 0 Å². The SMILES string of the molecule is CCN1CCc2c(sc(NC(=O)c3ccc(OC)cc3OC)c2C(=O)OC)C1.Cl. The van der Waals surface area contributed by atoms with E-state index in [0.717, 1.165) is 36.5 Å². The summed E-state index contributed by atoms with van der Waals surface area (Å²) < 4.78 is 15.5. The number of hydrogen-bond acceptors (Lipinski definition) is 7. The van der Waals surface area contributed by atoms with Gasteiger partial charge in [0.15, 0.2) is 0 Å². The number of nitrogens with zero attached hydrogens (tertiary/aromatic N) is 1. The molecule has 9 heteroatoms. The quantitative estimate of drug-likeness (QED) is 0.691. The van der Waals surface area contributed by atoms with Gasteiger partial charge in [-0.1, -0.05) is 6.92 Å². The average Bonchev–Trinajstić information content (AvgIpc) is 3.09. The molecule has 1 aromatic carbocycles. The maximum absolute atomic E-state index is 12.9. The number of carbonyl (C=O) groups is 2. The molecule has 158 valence electrons. The highest BCUT2D eigenvalue weighted by Gasteiger charge is 2.29. The minimum absolute atomic E-state index is 0. The number of nitrogens with one attached hydrogen (secondary N) is 1. The molecule has 0 aliphatic carbocycles. The summed E-state index contributed by atoms with van der Waals surface area (Å²) in [4.78, 5) is 28.7. The molecule has 0 saturated heterocycles. The number of benzene rings is 1. The van der Waals surface area contributed by atoms with Gasteiger partial charge in [-0.25, -0.2) is 4.79 Å². The molecule has 0 radical (unpaired) electrons. The number of esters is 1. The first-order chi connectivity index (χ1) is 13.5. The monoisotopic (exact) mass is 440 g/mol. The summed E-state index contributed by atoms with van der Waals surface area (Å²) in [7, 11) is 4.40. The molecule has 1 N–H and O–H groups in total.